The van der Waals surface area contributed by atoms with Crippen LogP contribution in [0.3, 0.4) is 0 Å². The summed E-state index contributed by atoms with van der Waals surface area (Å²) in [6, 6.07) is 5.20. The van der Waals surface area contributed by atoms with Crippen LogP contribution in [0, 0.1) is 5.92 Å². The first-order chi connectivity index (χ1) is 12.9. The quantitative estimate of drug-likeness (QED) is 0.701. The fourth-order valence-electron chi connectivity index (χ4n) is 2.72. The number of carbonyl (C=O) groups is 4. The maximum Gasteiger partial charge on any atom is 0.313 e. The highest BCUT2D eigenvalue weighted by atomic mass is 35.5. The third-order valence-corrected chi connectivity index (χ3v) is 5.20. The maximum atomic E-state index is 12.2. The van der Waals surface area contributed by atoms with E-state index in [1.165, 1.54) is 0 Å². The zero-order valence-electron chi connectivity index (χ0n) is 14.2. The summed E-state index contributed by atoms with van der Waals surface area (Å²) in [6.45, 7) is -0.0640. The van der Waals surface area contributed by atoms with Gasteiger partial charge >= 0.3 is 5.97 Å². The number of fused-ring (bicyclic) bond motifs is 1. The van der Waals surface area contributed by atoms with Gasteiger partial charge in [0.2, 0.25) is 5.91 Å². The highest BCUT2D eigenvalue weighted by molar-refractivity contribution is 8.14. The minimum Gasteiger partial charge on any atom is -0.492 e. The van der Waals surface area contributed by atoms with Crippen LogP contribution in [0.1, 0.15) is 5.56 Å². The molecule has 0 spiro atoms. The molecule has 0 aromatic heterocycles. The Bertz CT molecular complexity index is 771. The summed E-state index contributed by atoms with van der Waals surface area (Å²) in [5, 5.41) is 2.75. The summed E-state index contributed by atoms with van der Waals surface area (Å²) in [7, 11) is 0. The normalized spacial score (nSPS) is 18.7. The van der Waals surface area contributed by atoms with Crippen molar-refractivity contribution in [3.05, 3.63) is 28.8 Å². The first kappa shape index (κ1) is 19.5. The largest absolute Gasteiger partial charge is 0.492 e. The third-order valence-electron chi connectivity index (χ3n) is 4.11. The van der Waals surface area contributed by atoms with Gasteiger partial charge in [-0.2, -0.15) is 0 Å². The van der Waals surface area contributed by atoms with Crippen molar-refractivity contribution in [2.24, 2.45) is 5.92 Å². The molecule has 0 saturated carbocycles. The Morgan fingerprint density at radius 1 is 1.37 bits per heavy atom. The number of esters is 1. The molecule has 10 heteroatoms. The summed E-state index contributed by atoms with van der Waals surface area (Å²) < 4.78 is 10.6. The van der Waals surface area contributed by atoms with Gasteiger partial charge in [-0.05, 0) is 30.2 Å². The van der Waals surface area contributed by atoms with Crippen molar-refractivity contribution in [1.82, 2.24) is 10.2 Å². The van der Waals surface area contributed by atoms with Gasteiger partial charge in [0, 0.05) is 18.1 Å². The molecule has 2 aliphatic heterocycles. The van der Waals surface area contributed by atoms with Crippen molar-refractivity contribution >= 4 is 46.4 Å². The van der Waals surface area contributed by atoms with Gasteiger partial charge in [0.15, 0.2) is 6.61 Å². The zero-order chi connectivity index (χ0) is 19.4. The zero-order valence-corrected chi connectivity index (χ0v) is 15.8. The SMILES string of the molecule is O=C(COC(=O)[C@H]1COc2ccc(Cl)cc2C1)NCCN1C(=O)CSC1=O. The molecule has 0 unspecified atom stereocenters. The van der Waals surface area contributed by atoms with Gasteiger partial charge in [-0.25, -0.2) is 0 Å². The number of hydrogen-bond donors (Lipinski definition) is 1. The molecule has 1 aromatic carbocycles. The van der Waals surface area contributed by atoms with Gasteiger partial charge in [0.25, 0.3) is 11.1 Å². The predicted octanol–water partition coefficient (Wildman–Crippen LogP) is 1.25. The number of ether oxygens (including phenoxy) is 2. The number of rotatable bonds is 6. The van der Waals surface area contributed by atoms with Crippen LogP contribution in [0.4, 0.5) is 4.79 Å². The molecule has 2 heterocycles. The number of benzene rings is 1. The van der Waals surface area contributed by atoms with E-state index >= 15 is 0 Å². The van der Waals surface area contributed by atoms with E-state index in [1.807, 2.05) is 0 Å². The number of imide groups is 1. The van der Waals surface area contributed by atoms with Crippen molar-refractivity contribution in [2.75, 3.05) is 32.1 Å². The summed E-state index contributed by atoms with van der Waals surface area (Å²) in [5.74, 6) is -1.01. The smallest absolute Gasteiger partial charge is 0.313 e. The first-order valence-corrected chi connectivity index (χ1v) is 9.62. The van der Waals surface area contributed by atoms with Crippen LogP contribution in [-0.2, 0) is 25.5 Å². The van der Waals surface area contributed by atoms with E-state index in [2.05, 4.69) is 5.32 Å². The third kappa shape index (κ3) is 4.92. The van der Waals surface area contributed by atoms with Gasteiger partial charge in [-0.1, -0.05) is 23.4 Å². The number of halogens is 1. The van der Waals surface area contributed by atoms with Crippen LogP contribution in [-0.4, -0.2) is 60.0 Å². The number of hydrogen-bond acceptors (Lipinski definition) is 7. The molecule has 1 aromatic rings. The van der Waals surface area contributed by atoms with Crippen LogP contribution < -0.4 is 10.1 Å². The monoisotopic (exact) mass is 412 g/mol. The van der Waals surface area contributed by atoms with E-state index in [4.69, 9.17) is 21.1 Å². The molecule has 0 bridgehead atoms. The Balaban J connectivity index is 1.39. The summed E-state index contributed by atoms with van der Waals surface area (Å²) in [5.41, 5.74) is 0.818. The van der Waals surface area contributed by atoms with Crippen molar-refractivity contribution in [3.8, 4) is 5.75 Å². The number of nitrogens with one attached hydrogen (secondary N) is 1. The van der Waals surface area contributed by atoms with E-state index in [1.54, 1.807) is 18.2 Å². The van der Waals surface area contributed by atoms with E-state index < -0.39 is 24.4 Å². The van der Waals surface area contributed by atoms with Crippen LogP contribution in [0.2, 0.25) is 5.02 Å². The van der Waals surface area contributed by atoms with Gasteiger partial charge in [0.1, 0.15) is 12.4 Å². The number of carbonyl (C=O) groups excluding carboxylic acids is 4. The highest BCUT2D eigenvalue weighted by Gasteiger charge is 2.30. The Labute approximate surface area is 164 Å². The molecule has 0 radical (unpaired) electrons. The Hall–Kier alpha value is -2.26. The van der Waals surface area contributed by atoms with Gasteiger partial charge in [-0.15, -0.1) is 0 Å². The van der Waals surface area contributed by atoms with Gasteiger partial charge in [-0.3, -0.25) is 24.1 Å². The van der Waals surface area contributed by atoms with E-state index in [9.17, 15) is 19.2 Å². The second-order valence-electron chi connectivity index (χ2n) is 6.02. The lowest BCUT2D eigenvalue weighted by Gasteiger charge is -2.24. The molecule has 8 nitrogen and oxygen atoms in total. The van der Waals surface area contributed by atoms with Gasteiger partial charge in [0.05, 0.1) is 11.7 Å². The maximum absolute atomic E-state index is 12.2. The fourth-order valence-corrected chi connectivity index (χ4v) is 3.67. The molecule has 3 amide bonds. The second kappa shape index (κ2) is 8.62. The highest BCUT2D eigenvalue weighted by Crippen LogP contribution is 2.30. The fraction of sp³-hybridized carbons (Fsp3) is 0.412. The summed E-state index contributed by atoms with van der Waals surface area (Å²) >= 11 is 6.88. The molecule has 144 valence electrons. The van der Waals surface area contributed by atoms with E-state index in [0.717, 1.165) is 22.2 Å². The average molecular weight is 413 g/mol. The minimum absolute atomic E-state index is 0.0956. The lowest BCUT2D eigenvalue weighted by molar-refractivity contribution is -0.153. The lowest BCUT2D eigenvalue weighted by Crippen LogP contribution is -2.39. The molecule has 3 rings (SSSR count). The Morgan fingerprint density at radius 2 is 2.19 bits per heavy atom. The summed E-state index contributed by atoms with van der Waals surface area (Å²) in [4.78, 5) is 47.9. The minimum atomic E-state index is -0.530. The van der Waals surface area contributed by atoms with Crippen LogP contribution in [0.25, 0.3) is 0 Å². The molecule has 2 aliphatic rings. The van der Waals surface area contributed by atoms with Crippen molar-refractivity contribution in [3.63, 3.8) is 0 Å². The molecule has 27 heavy (non-hydrogen) atoms. The number of amides is 3. The van der Waals surface area contributed by atoms with Crippen molar-refractivity contribution in [1.29, 1.82) is 0 Å². The Kier molecular flexibility index (Phi) is 6.22. The topological polar surface area (TPSA) is 102 Å². The molecule has 1 fully saturated rings. The summed E-state index contributed by atoms with van der Waals surface area (Å²) in [6.07, 6.45) is 0.424. The van der Waals surface area contributed by atoms with Crippen molar-refractivity contribution < 1.29 is 28.7 Å². The molecule has 0 aliphatic carbocycles. The number of nitrogens with zero attached hydrogens (tertiary/aromatic N) is 1. The van der Waals surface area contributed by atoms with Crippen LogP contribution in [0.5, 0.6) is 5.75 Å². The van der Waals surface area contributed by atoms with Crippen LogP contribution in [0.15, 0.2) is 18.2 Å². The lowest BCUT2D eigenvalue weighted by atomic mass is 9.97. The van der Waals surface area contributed by atoms with E-state index in [-0.39, 0.29) is 36.6 Å². The number of thioether (sulfide) groups is 1. The molecular formula is C17H17ClN2O6S. The molecule has 1 atom stereocenters. The Morgan fingerprint density at radius 3 is 2.93 bits per heavy atom. The second-order valence-corrected chi connectivity index (χ2v) is 7.38. The molecule has 1 saturated heterocycles. The first-order valence-electron chi connectivity index (χ1n) is 8.25. The molecule has 1 N–H and O–H groups in total. The molecular weight excluding hydrogens is 396 g/mol. The average Bonchev–Trinajstić information content (AvgIpc) is 2.97. The van der Waals surface area contributed by atoms with Crippen LogP contribution >= 0.6 is 23.4 Å². The van der Waals surface area contributed by atoms with E-state index in [0.29, 0.717) is 17.2 Å². The predicted molar refractivity (Wildman–Crippen MR) is 97.7 cm³/mol. The van der Waals surface area contributed by atoms with Gasteiger partial charge < -0.3 is 14.8 Å². The standard InChI is InChI=1S/C17H17ClN2O6S/c18-12-1-2-13-10(6-12)5-11(7-25-13)16(23)26-8-14(21)19-3-4-20-15(22)9-27-17(20)24/h1-2,6,11H,3-5,7-9H2,(H,19,21)/t11-/m1/s1. The van der Waals surface area contributed by atoms with Crippen molar-refractivity contribution in [2.45, 2.75) is 6.42 Å².